The molecule has 1 N–H and O–H groups in total. The molecule has 0 saturated carbocycles. The van der Waals surface area contributed by atoms with Crippen LogP contribution in [0.5, 0.6) is 0 Å². The Balaban J connectivity index is 1.67. The summed E-state index contributed by atoms with van der Waals surface area (Å²) in [5.74, 6) is -1.84. The van der Waals surface area contributed by atoms with Crippen LogP contribution in [0.2, 0.25) is 0 Å². The van der Waals surface area contributed by atoms with E-state index in [0.29, 0.717) is 12.2 Å². The summed E-state index contributed by atoms with van der Waals surface area (Å²) in [4.78, 5) is 19.4. The maximum absolute atomic E-state index is 12.4. The summed E-state index contributed by atoms with van der Waals surface area (Å²) in [6.07, 6.45) is -1.04. The van der Waals surface area contributed by atoms with E-state index in [2.05, 4.69) is 15.1 Å². The molecule has 0 bridgehead atoms. The van der Waals surface area contributed by atoms with E-state index in [1.807, 2.05) is 30.3 Å². The van der Waals surface area contributed by atoms with Crippen molar-refractivity contribution in [2.75, 3.05) is 5.32 Å². The van der Waals surface area contributed by atoms with E-state index >= 15 is 0 Å². The summed E-state index contributed by atoms with van der Waals surface area (Å²) in [6, 6.07) is 9.49. The summed E-state index contributed by atoms with van der Waals surface area (Å²) in [7, 11) is 0. The van der Waals surface area contributed by atoms with Crippen LogP contribution in [0.3, 0.4) is 0 Å². The first kappa shape index (κ1) is 16.5. The fourth-order valence-corrected chi connectivity index (χ4v) is 3.19. The summed E-state index contributed by atoms with van der Waals surface area (Å²) in [6.45, 7) is 0. The number of carbonyl (C=O) groups is 1. The minimum atomic E-state index is -4.98. The van der Waals surface area contributed by atoms with E-state index in [-0.39, 0.29) is 12.0 Å². The Labute approximate surface area is 146 Å². The Morgan fingerprint density at radius 3 is 2.92 bits per heavy atom. The predicted octanol–water partition coefficient (Wildman–Crippen LogP) is 3.25. The van der Waals surface area contributed by atoms with Crippen molar-refractivity contribution in [3.05, 3.63) is 47.9 Å². The Hall–Kier alpha value is -2.97. The molecule has 0 spiro atoms. The number of nitrogens with zero attached hydrogens (tertiary/aromatic N) is 4. The Bertz CT molecular complexity index is 982. The van der Waals surface area contributed by atoms with Crippen LogP contribution in [-0.2, 0) is 11.2 Å². The molecule has 3 aromatic rings. The summed E-state index contributed by atoms with van der Waals surface area (Å²) in [5, 5.41) is 6.80. The molecule has 1 aromatic carbocycles. The van der Waals surface area contributed by atoms with Crippen molar-refractivity contribution >= 4 is 22.8 Å². The molecule has 4 rings (SSSR count). The zero-order valence-electron chi connectivity index (χ0n) is 13.5. The fourth-order valence-electron chi connectivity index (χ4n) is 3.19. The number of amides is 1. The van der Waals surface area contributed by atoms with Crippen molar-refractivity contribution in [2.45, 2.75) is 31.5 Å². The number of hydrogen-bond acceptors (Lipinski definition) is 4. The molecule has 26 heavy (non-hydrogen) atoms. The number of carbonyl (C=O) groups excluding carboxylic acids is 1. The zero-order chi connectivity index (χ0) is 18.3. The topological polar surface area (TPSA) is 72.7 Å². The molecule has 0 radical (unpaired) electrons. The van der Waals surface area contributed by atoms with Crippen molar-refractivity contribution < 1.29 is 18.0 Å². The highest BCUT2D eigenvalue weighted by atomic mass is 19.4. The number of fused-ring (bicyclic) bond motifs is 2. The Morgan fingerprint density at radius 1 is 1.27 bits per heavy atom. The van der Waals surface area contributed by atoms with Gasteiger partial charge in [0.1, 0.15) is 5.82 Å². The summed E-state index contributed by atoms with van der Waals surface area (Å²) < 4.78 is 38.9. The van der Waals surface area contributed by atoms with E-state index in [4.69, 9.17) is 0 Å². The molecule has 3 heterocycles. The van der Waals surface area contributed by atoms with E-state index in [1.165, 1.54) is 0 Å². The van der Waals surface area contributed by atoms with Crippen molar-refractivity contribution in [2.24, 2.45) is 0 Å². The zero-order valence-corrected chi connectivity index (χ0v) is 13.5. The number of nitrogens with one attached hydrogen (secondary N) is 1. The van der Waals surface area contributed by atoms with E-state index in [0.717, 1.165) is 29.3 Å². The molecule has 1 aliphatic heterocycles. The lowest BCUT2D eigenvalue weighted by Gasteiger charge is -2.23. The molecule has 1 atom stereocenters. The van der Waals surface area contributed by atoms with Crippen LogP contribution in [0.25, 0.3) is 10.9 Å². The van der Waals surface area contributed by atoms with Gasteiger partial charge in [-0.05, 0) is 36.6 Å². The summed E-state index contributed by atoms with van der Waals surface area (Å²) in [5.41, 5.74) is 1.84. The molecule has 0 saturated heterocycles. The van der Waals surface area contributed by atoms with E-state index in [1.54, 1.807) is 16.2 Å². The Kier molecular flexibility index (Phi) is 3.86. The smallest absolute Gasteiger partial charge is 0.285 e. The first-order chi connectivity index (χ1) is 12.4. The van der Waals surface area contributed by atoms with Gasteiger partial charge in [-0.15, -0.1) is 5.10 Å². The van der Waals surface area contributed by atoms with Gasteiger partial charge in [-0.2, -0.15) is 18.2 Å². The molecular weight excluding hydrogens is 347 g/mol. The third-order valence-electron chi connectivity index (χ3n) is 4.37. The number of anilines is 1. The number of rotatable bonds is 2. The molecule has 134 valence electrons. The minimum absolute atomic E-state index is 0.146. The van der Waals surface area contributed by atoms with Crippen LogP contribution in [0.1, 0.15) is 30.3 Å². The maximum atomic E-state index is 12.4. The maximum Gasteiger partial charge on any atom is 0.471 e. The minimum Gasteiger partial charge on any atom is -0.285 e. The quantitative estimate of drug-likeness (QED) is 0.760. The van der Waals surface area contributed by atoms with Gasteiger partial charge in [0.25, 0.3) is 0 Å². The number of aryl methyl sites for hydroxylation is 1. The number of benzene rings is 1. The number of aromatic nitrogens is 4. The average Bonchev–Trinajstić information content (AvgIpc) is 3.03. The molecule has 0 aliphatic carbocycles. The highest BCUT2D eigenvalue weighted by Crippen LogP contribution is 2.31. The lowest BCUT2D eigenvalue weighted by molar-refractivity contribution is -0.167. The molecule has 1 amide bonds. The van der Waals surface area contributed by atoms with Crippen molar-refractivity contribution in [1.82, 2.24) is 19.7 Å². The van der Waals surface area contributed by atoms with Crippen LogP contribution >= 0.6 is 0 Å². The van der Waals surface area contributed by atoms with Crippen molar-refractivity contribution in [3.63, 3.8) is 0 Å². The van der Waals surface area contributed by atoms with Gasteiger partial charge in [0.2, 0.25) is 5.95 Å². The SMILES string of the molecule is O=C(Nc1nc2n(n1)C(c1ccc3ncccc3c1)CCC2)C(F)(F)F. The monoisotopic (exact) mass is 361 g/mol. The predicted molar refractivity (Wildman–Crippen MR) is 87.5 cm³/mol. The van der Waals surface area contributed by atoms with Crippen LogP contribution in [0.4, 0.5) is 19.1 Å². The van der Waals surface area contributed by atoms with Crippen molar-refractivity contribution in [3.8, 4) is 0 Å². The highest BCUT2D eigenvalue weighted by Gasteiger charge is 2.39. The highest BCUT2D eigenvalue weighted by molar-refractivity contribution is 5.93. The molecule has 1 aliphatic rings. The van der Waals surface area contributed by atoms with Crippen LogP contribution in [0.15, 0.2) is 36.5 Å². The molecule has 6 nitrogen and oxygen atoms in total. The second kappa shape index (κ2) is 6.08. The second-order valence-corrected chi connectivity index (χ2v) is 6.11. The van der Waals surface area contributed by atoms with Gasteiger partial charge < -0.3 is 0 Å². The van der Waals surface area contributed by atoms with Crippen molar-refractivity contribution in [1.29, 1.82) is 0 Å². The van der Waals surface area contributed by atoms with E-state index < -0.39 is 12.1 Å². The first-order valence-corrected chi connectivity index (χ1v) is 8.10. The Morgan fingerprint density at radius 2 is 2.12 bits per heavy atom. The van der Waals surface area contributed by atoms with Gasteiger partial charge >= 0.3 is 12.1 Å². The average molecular weight is 361 g/mol. The van der Waals surface area contributed by atoms with Crippen LogP contribution in [0, 0.1) is 0 Å². The third-order valence-corrected chi connectivity index (χ3v) is 4.37. The second-order valence-electron chi connectivity index (χ2n) is 6.11. The lowest BCUT2D eigenvalue weighted by Crippen LogP contribution is -2.30. The number of hydrogen-bond donors (Lipinski definition) is 1. The first-order valence-electron chi connectivity index (χ1n) is 8.10. The molecule has 9 heteroatoms. The van der Waals surface area contributed by atoms with Gasteiger partial charge in [0, 0.05) is 18.0 Å². The van der Waals surface area contributed by atoms with Gasteiger partial charge in [-0.3, -0.25) is 15.1 Å². The largest absolute Gasteiger partial charge is 0.471 e. The summed E-state index contributed by atoms with van der Waals surface area (Å²) >= 11 is 0. The van der Waals surface area contributed by atoms with E-state index in [9.17, 15) is 18.0 Å². The molecule has 1 unspecified atom stereocenters. The van der Waals surface area contributed by atoms with Gasteiger partial charge in [-0.1, -0.05) is 12.1 Å². The normalized spacial score (nSPS) is 17.1. The fraction of sp³-hybridized carbons (Fsp3) is 0.294. The number of alkyl halides is 3. The van der Waals surface area contributed by atoms with Crippen LogP contribution in [-0.4, -0.2) is 31.8 Å². The van der Waals surface area contributed by atoms with Gasteiger partial charge in [0.05, 0.1) is 11.6 Å². The van der Waals surface area contributed by atoms with Gasteiger partial charge in [0.15, 0.2) is 0 Å². The van der Waals surface area contributed by atoms with Gasteiger partial charge in [-0.25, -0.2) is 4.68 Å². The molecular formula is C17H14F3N5O. The van der Waals surface area contributed by atoms with Crippen LogP contribution < -0.4 is 5.32 Å². The molecule has 0 fully saturated rings. The standard InChI is InChI=1S/C17H14F3N5O/c18-17(19,20)15(26)23-16-22-14-5-1-4-13(25(14)24-16)11-6-7-12-10(9-11)3-2-8-21-12/h2-3,6-9,13H,1,4-5H2,(H,23,24,26). The number of halogens is 3. The third kappa shape index (κ3) is 3.00. The lowest BCUT2D eigenvalue weighted by atomic mass is 9.96. The number of pyridine rings is 1. The molecule has 2 aromatic heterocycles.